The van der Waals surface area contributed by atoms with Gasteiger partial charge in [-0.05, 0) is 55.7 Å². The van der Waals surface area contributed by atoms with Crippen LogP contribution in [0.25, 0.3) is 10.6 Å². The molecule has 0 saturated carbocycles. The molecule has 0 fully saturated rings. The molecule has 164 valence electrons. The van der Waals surface area contributed by atoms with Gasteiger partial charge in [-0.15, -0.1) is 10.2 Å². The van der Waals surface area contributed by atoms with Gasteiger partial charge in [-0.2, -0.15) is 0 Å². The summed E-state index contributed by atoms with van der Waals surface area (Å²) in [6.07, 6.45) is 1.39. The van der Waals surface area contributed by atoms with Crippen molar-refractivity contribution in [1.29, 1.82) is 0 Å². The van der Waals surface area contributed by atoms with E-state index in [-0.39, 0.29) is 6.42 Å². The minimum absolute atomic E-state index is 0.286. The van der Waals surface area contributed by atoms with Gasteiger partial charge in [0.05, 0.1) is 11.9 Å². The summed E-state index contributed by atoms with van der Waals surface area (Å²) in [6, 6.07) is 11.7. The first kappa shape index (κ1) is 23.2. The first-order valence-electron chi connectivity index (χ1n) is 9.56. The van der Waals surface area contributed by atoms with Gasteiger partial charge in [0.1, 0.15) is 11.0 Å². The lowest BCUT2D eigenvalue weighted by Gasteiger charge is -2.30. The molecule has 7 nitrogen and oxygen atoms in total. The van der Waals surface area contributed by atoms with Gasteiger partial charge in [0.15, 0.2) is 0 Å². The van der Waals surface area contributed by atoms with Gasteiger partial charge in [0, 0.05) is 10.6 Å². The molecule has 0 spiro atoms. The zero-order valence-electron chi connectivity index (χ0n) is 17.6. The standard InChI is InChI=1S/C21H23ClN4O3S2/c1-5-18(26(31(4,28)29)17-11-13(2)10-14(3)12-17)19(27)23-21-25-24-20(30-21)15-6-8-16(22)9-7-15/h6-12,18H,5H2,1-4H3,(H,23,25,27)/t18-/m1/s1. The van der Waals surface area contributed by atoms with Crippen LogP contribution in [-0.4, -0.2) is 36.8 Å². The maximum Gasteiger partial charge on any atom is 0.250 e. The fraction of sp³-hybridized carbons (Fsp3) is 0.286. The Balaban J connectivity index is 1.88. The van der Waals surface area contributed by atoms with E-state index < -0.39 is 22.0 Å². The SMILES string of the molecule is CC[C@H](C(=O)Nc1nnc(-c2ccc(Cl)cc2)s1)N(c1cc(C)cc(C)c1)S(C)(=O)=O. The Hall–Kier alpha value is -2.49. The number of hydrogen-bond donors (Lipinski definition) is 1. The number of carbonyl (C=O) groups excluding carboxylic acids is 1. The maximum absolute atomic E-state index is 13.1. The van der Waals surface area contributed by atoms with Crippen molar-refractivity contribution in [3.05, 3.63) is 58.6 Å². The first-order chi connectivity index (χ1) is 14.6. The number of nitrogens with one attached hydrogen (secondary N) is 1. The lowest BCUT2D eigenvalue weighted by atomic mass is 10.1. The van der Waals surface area contributed by atoms with Crippen molar-refractivity contribution >= 4 is 49.7 Å². The molecule has 0 radical (unpaired) electrons. The highest BCUT2D eigenvalue weighted by molar-refractivity contribution is 7.92. The van der Waals surface area contributed by atoms with Crippen molar-refractivity contribution in [3.63, 3.8) is 0 Å². The molecule has 1 aromatic heterocycles. The molecule has 0 aliphatic carbocycles. The number of sulfonamides is 1. The summed E-state index contributed by atoms with van der Waals surface area (Å²) >= 11 is 7.12. The van der Waals surface area contributed by atoms with Crippen LogP contribution >= 0.6 is 22.9 Å². The highest BCUT2D eigenvalue weighted by Crippen LogP contribution is 2.29. The van der Waals surface area contributed by atoms with Crippen LogP contribution < -0.4 is 9.62 Å². The van der Waals surface area contributed by atoms with Crippen LogP contribution in [0.3, 0.4) is 0 Å². The number of halogens is 1. The van der Waals surface area contributed by atoms with Crippen molar-refractivity contribution < 1.29 is 13.2 Å². The van der Waals surface area contributed by atoms with E-state index in [1.54, 1.807) is 31.2 Å². The highest BCUT2D eigenvalue weighted by Gasteiger charge is 2.32. The molecule has 0 bridgehead atoms. The number of hydrogen-bond acceptors (Lipinski definition) is 6. The predicted molar refractivity (Wildman–Crippen MR) is 126 cm³/mol. The largest absolute Gasteiger partial charge is 0.299 e. The van der Waals surface area contributed by atoms with E-state index in [0.29, 0.717) is 20.8 Å². The van der Waals surface area contributed by atoms with Crippen molar-refractivity contribution in [2.75, 3.05) is 15.9 Å². The van der Waals surface area contributed by atoms with Gasteiger partial charge >= 0.3 is 0 Å². The second-order valence-electron chi connectivity index (χ2n) is 7.24. The van der Waals surface area contributed by atoms with Gasteiger partial charge in [-0.1, -0.05) is 48.1 Å². The van der Waals surface area contributed by atoms with Crippen molar-refractivity contribution in [2.45, 2.75) is 33.2 Å². The molecule has 2 aromatic carbocycles. The summed E-state index contributed by atoms with van der Waals surface area (Å²) in [7, 11) is -3.71. The fourth-order valence-corrected chi connectivity index (χ4v) is 5.38. The Kier molecular flexibility index (Phi) is 6.98. The Morgan fingerprint density at radius 2 is 1.74 bits per heavy atom. The second-order valence-corrected chi connectivity index (χ2v) is 10.5. The number of aryl methyl sites for hydroxylation is 2. The van der Waals surface area contributed by atoms with E-state index >= 15 is 0 Å². The number of nitrogens with zero attached hydrogens (tertiary/aromatic N) is 3. The van der Waals surface area contributed by atoms with Gasteiger partial charge in [0.25, 0.3) is 0 Å². The second kappa shape index (κ2) is 9.33. The summed E-state index contributed by atoms with van der Waals surface area (Å²) in [5, 5.41) is 12.4. The summed E-state index contributed by atoms with van der Waals surface area (Å²) in [5.74, 6) is -0.467. The van der Waals surface area contributed by atoms with Crippen LogP contribution in [0.2, 0.25) is 5.02 Å². The zero-order valence-corrected chi connectivity index (χ0v) is 20.0. The quantitative estimate of drug-likeness (QED) is 0.533. The molecule has 3 aromatic rings. The van der Waals surface area contributed by atoms with Crippen LogP contribution in [0.15, 0.2) is 42.5 Å². The Bertz CT molecular complexity index is 1170. The molecule has 1 N–H and O–H groups in total. The van der Waals surface area contributed by atoms with Gasteiger partial charge in [-0.25, -0.2) is 8.42 Å². The minimum atomic E-state index is -3.71. The van der Waals surface area contributed by atoms with Gasteiger partial charge in [0.2, 0.25) is 21.1 Å². The fourth-order valence-electron chi connectivity index (χ4n) is 3.31. The normalized spacial score (nSPS) is 12.4. The van der Waals surface area contributed by atoms with E-state index in [2.05, 4.69) is 15.5 Å². The molecule has 0 unspecified atom stereocenters. The molecular weight excluding hydrogens is 456 g/mol. The number of anilines is 2. The minimum Gasteiger partial charge on any atom is -0.299 e. The topological polar surface area (TPSA) is 92.3 Å². The number of benzene rings is 2. The molecule has 1 atom stereocenters. The van der Waals surface area contributed by atoms with Crippen molar-refractivity contribution in [1.82, 2.24) is 10.2 Å². The molecular formula is C21H23ClN4O3S2. The summed E-state index contributed by atoms with van der Waals surface area (Å²) in [6.45, 7) is 5.54. The van der Waals surface area contributed by atoms with Crippen molar-refractivity contribution in [3.8, 4) is 10.6 Å². The van der Waals surface area contributed by atoms with E-state index in [9.17, 15) is 13.2 Å². The van der Waals surface area contributed by atoms with E-state index in [4.69, 9.17) is 11.6 Å². The Morgan fingerprint density at radius 1 is 1.13 bits per heavy atom. The Labute approximate surface area is 191 Å². The average molecular weight is 479 g/mol. The van der Waals surface area contributed by atoms with E-state index in [1.165, 1.54) is 15.6 Å². The molecule has 3 rings (SSSR count). The average Bonchev–Trinajstić information content (AvgIpc) is 3.13. The summed E-state index contributed by atoms with van der Waals surface area (Å²) in [4.78, 5) is 13.1. The highest BCUT2D eigenvalue weighted by atomic mass is 35.5. The number of amides is 1. The lowest BCUT2D eigenvalue weighted by molar-refractivity contribution is -0.117. The third-order valence-electron chi connectivity index (χ3n) is 4.54. The molecule has 0 aliphatic heterocycles. The molecule has 1 amide bonds. The molecule has 31 heavy (non-hydrogen) atoms. The molecule has 0 aliphatic rings. The van der Waals surface area contributed by atoms with E-state index in [0.717, 1.165) is 22.9 Å². The first-order valence-corrected chi connectivity index (χ1v) is 12.6. The summed E-state index contributed by atoms with van der Waals surface area (Å²) in [5.41, 5.74) is 3.11. The number of aromatic nitrogens is 2. The monoisotopic (exact) mass is 478 g/mol. The predicted octanol–water partition coefficient (Wildman–Crippen LogP) is 4.66. The number of rotatable bonds is 7. The third-order valence-corrected chi connectivity index (χ3v) is 6.86. The molecule has 1 heterocycles. The lowest BCUT2D eigenvalue weighted by Crippen LogP contribution is -2.47. The van der Waals surface area contributed by atoms with Crippen LogP contribution in [-0.2, 0) is 14.8 Å². The van der Waals surface area contributed by atoms with Crippen LogP contribution in [0.5, 0.6) is 0 Å². The van der Waals surface area contributed by atoms with Gasteiger partial charge in [-0.3, -0.25) is 14.4 Å². The van der Waals surface area contributed by atoms with Crippen molar-refractivity contribution in [2.24, 2.45) is 0 Å². The van der Waals surface area contributed by atoms with Crippen LogP contribution in [0.4, 0.5) is 10.8 Å². The zero-order chi connectivity index (χ0) is 22.8. The maximum atomic E-state index is 13.1. The smallest absolute Gasteiger partial charge is 0.250 e. The Morgan fingerprint density at radius 3 is 2.29 bits per heavy atom. The summed E-state index contributed by atoms with van der Waals surface area (Å²) < 4.78 is 26.4. The van der Waals surface area contributed by atoms with E-state index in [1.807, 2.05) is 32.0 Å². The van der Waals surface area contributed by atoms with Crippen LogP contribution in [0, 0.1) is 13.8 Å². The third kappa shape index (κ3) is 5.61. The molecule has 10 heteroatoms. The molecule has 0 saturated heterocycles. The number of carbonyl (C=O) groups is 1. The van der Waals surface area contributed by atoms with Gasteiger partial charge < -0.3 is 0 Å². The van der Waals surface area contributed by atoms with Crippen LogP contribution in [0.1, 0.15) is 24.5 Å².